The first kappa shape index (κ1) is 16.2. The average molecular weight is 327 g/mol. The molecule has 0 saturated carbocycles. The van der Waals surface area contributed by atoms with Crippen LogP contribution in [0.15, 0.2) is 40.6 Å². The summed E-state index contributed by atoms with van der Waals surface area (Å²) in [5.74, 6) is 0. The van der Waals surface area contributed by atoms with Crippen LogP contribution in [0.3, 0.4) is 0 Å². The van der Waals surface area contributed by atoms with E-state index in [9.17, 15) is 4.57 Å². The number of rotatable bonds is 0. The predicted molar refractivity (Wildman–Crippen MR) is 98.7 cm³/mol. The van der Waals surface area contributed by atoms with Crippen LogP contribution in [0.5, 0.6) is 0 Å². The Morgan fingerprint density at radius 3 is 2.13 bits per heavy atom. The SMILES string of the molecule is CC(C)(C)c1cc(C(C)(C)C)c2c(c1)c1ccccc1o[p+]2=O. The minimum Gasteiger partial charge on any atom is -0.250 e. The summed E-state index contributed by atoms with van der Waals surface area (Å²) in [6.45, 7) is 13.1. The predicted octanol–water partition coefficient (Wildman–Crippen LogP) is 6.92. The van der Waals surface area contributed by atoms with E-state index < -0.39 is 7.65 Å². The summed E-state index contributed by atoms with van der Waals surface area (Å²) in [6.07, 6.45) is 0. The molecule has 3 heteroatoms. The molecule has 0 aliphatic rings. The second kappa shape index (κ2) is 5.18. The zero-order valence-corrected chi connectivity index (χ0v) is 15.6. The van der Waals surface area contributed by atoms with Crippen LogP contribution in [0.2, 0.25) is 0 Å². The van der Waals surface area contributed by atoms with Crippen LogP contribution in [-0.2, 0) is 15.4 Å². The highest BCUT2D eigenvalue weighted by atomic mass is 31.1. The molecule has 2 aromatic carbocycles. The van der Waals surface area contributed by atoms with Crippen LogP contribution in [0, 0.1) is 0 Å². The highest BCUT2D eigenvalue weighted by Gasteiger charge is 2.30. The van der Waals surface area contributed by atoms with E-state index in [2.05, 4.69) is 59.7 Å². The van der Waals surface area contributed by atoms with Crippen LogP contribution >= 0.6 is 7.65 Å². The first-order valence-corrected chi connectivity index (χ1v) is 9.20. The molecule has 0 bridgehead atoms. The van der Waals surface area contributed by atoms with Gasteiger partial charge in [0.1, 0.15) is 0 Å². The standard InChI is InChI=1S/C20H24O2P/c1-19(2,3)13-11-15-14-9-7-8-10-17(14)22-23(21)18(15)16(12-13)20(4,5)6/h7-12H,1-6H3/q+1. The molecule has 1 unspecified atom stereocenters. The fourth-order valence-corrected chi connectivity index (χ4v) is 4.35. The van der Waals surface area contributed by atoms with Crippen molar-refractivity contribution in [3.8, 4) is 0 Å². The van der Waals surface area contributed by atoms with Gasteiger partial charge in [0.05, 0.1) is 0 Å². The molecule has 0 saturated heterocycles. The molecule has 0 fully saturated rings. The summed E-state index contributed by atoms with van der Waals surface area (Å²) in [7, 11) is -1.88. The maximum Gasteiger partial charge on any atom is 0.598 e. The van der Waals surface area contributed by atoms with Gasteiger partial charge in [-0.2, -0.15) is 0 Å². The Morgan fingerprint density at radius 1 is 0.870 bits per heavy atom. The summed E-state index contributed by atoms with van der Waals surface area (Å²) < 4.78 is 18.5. The van der Waals surface area contributed by atoms with Crippen molar-refractivity contribution in [2.75, 3.05) is 0 Å². The first-order valence-electron chi connectivity index (χ1n) is 8.02. The summed E-state index contributed by atoms with van der Waals surface area (Å²) in [6, 6.07) is 12.3. The molecule has 0 radical (unpaired) electrons. The molecular weight excluding hydrogens is 303 g/mol. The van der Waals surface area contributed by atoms with Gasteiger partial charge in [0.25, 0.3) is 0 Å². The highest BCUT2D eigenvalue weighted by molar-refractivity contribution is 7.37. The van der Waals surface area contributed by atoms with Gasteiger partial charge in [-0.15, -0.1) is 0 Å². The van der Waals surface area contributed by atoms with Crippen molar-refractivity contribution in [2.24, 2.45) is 0 Å². The third-order valence-electron chi connectivity index (χ3n) is 4.33. The van der Waals surface area contributed by atoms with Crippen molar-refractivity contribution < 1.29 is 8.76 Å². The van der Waals surface area contributed by atoms with Crippen molar-refractivity contribution in [1.82, 2.24) is 0 Å². The van der Waals surface area contributed by atoms with Gasteiger partial charge in [0.2, 0.25) is 5.12 Å². The molecule has 1 heterocycles. The van der Waals surface area contributed by atoms with Crippen molar-refractivity contribution in [3.63, 3.8) is 0 Å². The molecule has 1 aromatic heterocycles. The van der Waals surface area contributed by atoms with Crippen molar-refractivity contribution in [1.29, 1.82) is 0 Å². The Morgan fingerprint density at radius 2 is 1.52 bits per heavy atom. The van der Waals surface area contributed by atoms with Crippen LogP contribution in [-0.4, -0.2) is 0 Å². The molecule has 1 atom stereocenters. The Hall–Kier alpha value is -1.66. The zero-order valence-electron chi connectivity index (χ0n) is 14.7. The van der Waals surface area contributed by atoms with Crippen molar-refractivity contribution in [2.45, 2.75) is 52.4 Å². The van der Waals surface area contributed by atoms with Gasteiger partial charge in [0.15, 0.2) is 5.58 Å². The summed E-state index contributed by atoms with van der Waals surface area (Å²) in [4.78, 5) is 0. The Kier molecular flexibility index (Phi) is 3.65. The highest BCUT2D eigenvalue weighted by Crippen LogP contribution is 2.43. The third-order valence-corrected chi connectivity index (χ3v) is 5.53. The molecule has 0 N–H and O–H groups in total. The first-order chi connectivity index (χ1) is 10.6. The van der Waals surface area contributed by atoms with E-state index in [1.54, 1.807) is 0 Å². The normalized spacial score (nSPS) is 13.7. The van der Waals surface area contributed by atoms with Gasteiger partial charge in [-0.3, -0.25) is 0 Å². The van der Waals surface area contributed by atoms with Gasteiger partial charge in [-0.25, -0.2) is 4.20 Å². The fraction of sp³-hybridized carbons (Fsp3) is 0.400. The van der Waals surface area contributed by atoms with E-state index in [0.717, 1.165) is 21.5 Å². The van der Waals surface area contributed by atoms with E-state index in [1.165, 1.54) is 5.56 Å². The molecule has 0 aliphatic carbocycles. The van der Waals surface area contributed by atoms with Gasteiger partial charge in [0, 0.05) is 16.3 Å². The van der Waals surface area contributed by atoms with Crippen LogP contribution in [0.1, 0.15) is 52.7 Å². The van der Waals surface area contributed by atoms with Crippen molar-refractivity contribution in [3.05, 3.63) is 47.5 Å². The van der Waals surface area contributed by atoms with E-state index in [-0.39, 0.29) is 10.8 Å². The van der Waals surface area contributed by atoms with E-state index in [4.69, 9.17) is 4.20 Å². The fourth-order valence-electron chi connectivity index (χ4n) is 2.94. The lowest BCUT2D eigenvalue weighted by Gasteiger charge is -2.24. The molecular formula is C20H24O2P+. The lowest BCUT2D eigenvalue weighted by molar-refractivity contribution is 0.559. The Bertz CT molecular complexity index is 953. The lowest BCUT2D eigenvalue weighted by Crippen LogP contribution is -2.16. The quantitative estimate of drug-likeness (QED) is 0.419. The largest absolute Gasteiger partial charge is 0.598 e. The zero-order chi connectivity index (χ0) is 17.0. The maximum absolute atomic E-state index is 12.8. The van der Waals surface area contributed by atoms with Crippen LogP contribution in [0.4, 0.5) is 0 Å². The van der Waals surface area contributed by atoms with Crippen molar-refractivity contribution >= 4 is 29.1 Å². The molecule has 23 heavy (non-hydrogen) atoms. The average Bonchev–Trinajstić information content (AvgIpc) is 2.44. The molecule has 0 aliphatic heterocycles. The second-order valence-corrected chi connectivity index (χ2v) is 9.41. The maximum atomic E-state index is 12.8. The number of hydrogen-bond donors (Lipinski definition) is 0. The number of benzene rings is 2. The molecule has 120 valence electrons. The second-order valence-electron chi connectivity index (χ2n) is 8.26. The minimum atomic E-state index is -1.88. The minimum absolute atomic E-state index is 0.0356. The van der Waals surface area contributed by atoms with E-state index >= 15 is 0 Å². The Balaban J connectivity index is 2.60. The number of fused-ring (bicyclic) bond motifs is 3. The number of para-hydroxylation sites is 1. The monoisotopic (exact) mass is 327 g/mol. The topological polar surface area (TPSA) is 30.2 Å². The van der Waals surface area contributed by atoms with Crippen LogP contribution < -0.4 is 0 Å². The summed E-state index contributed by atoms with van der Waals surface area (Å²) >= 11 is 0. The van der Waals surface area contributed by atoms with Gasteiger partial charge in [-0.05, 0) is 33.1 Å². The molecule has 3 aromatic rings. The number of hydrogen-bond acceptors (Lipinski definition) is 2. The van der Waals surface area contributed by atoms with Gasteiger partial charge in [-0.1, -0.05) is 65.8 Å². The van der Waals surface area contributed by atoms with E-state index in [1.807, 2.05) is 18.2 Å². The lowest BCUT2D eigenvalue weighted by atomic mass is 9.79. The smallest absolute Gasteiger partial charge is 0.250 e. The molecule has 0 amide bonds. The Labute approximate surface area is 138 Å². The summed E-state index contributed by atoms with van der Waals surface area (Å²) in [5, 5.41) is 2.96. The third kappa shape index (κ3) is 2.81. The van der Waals surface area contributed by atoms with Crippen LogP contribution in [0.25, 0.3) is 21.5 Å². The van der Waals surface area contributed by atoms with Gasteiger partial charge < -0.3 is 0 Å². The molecule has 2 nitrogen and oxygen atoms in total. The molecule has 3 rings (SSSR count). The van der Waals surface area contributed by atoms with E-state index in [0.29, 0.717) is 5.58 Å². The van der Waals surface area contributed by atoms with Gasteiger partial charge >= 0.3 is 7.65 Å². The summed E-state index contributed by atoms with van der Waals surface area (Å²) in [5.41, 5.74) is 3.05. The molecule has 0 spiro atoms.